The van der Waals surface area contributed by atoms with Crippen LogP contribution in [0.3, 0.4) is 0 Å². The van der Waals surface area contributed by atoms with E-state index in [-0.39, 0.29) is 18.4 Å². The van der Waals surface area contributed by atoms with E-state index in [1.54, 1.807) is 31.2 Å². The van der Waals surface area contributed by atoms with Gasteiger partial charge < -0.3 is 16.0 Å². The van der Waals surface area contributed by atoms with E-state index in [0.717, 1.165) is 4.90 Å². The van der Waals surface area contributed by atoms with Crippen LogP contribution < -0.4 is 16.0 Å². The molecule has 0 bridgehead atoms. The Morgan fingerprint density at radius 2 is 1.62 bits per heavy atom. The van der Waals surface area contributed by atoms with Crippen LogP contribution in [-0.4, -0.2) is 40.7 Å². The number of nitrogens with zero attached hydrogens (tertiary/aromatic N) is 1. The molecular weight excluding hydrogens is 336 g/mol. The third-order valence-electron chi connectivity index (χ3n) is 4.51. The van der Waals surface area contributed by atoms with E-state index in [9.17, 15) is 19.2 Å². The average molecular weight is 360 g/mol. The average Bonchev–Trinajstić information content (AvgIpc) is 2.86. The van der Waals surface area contributed by atoms with Crippen molar-refractivity contribution in [3.05, 3.63) is 24.3 Å². The van der Waals surface area contributed by atoms with Crippen molar-refractivity contribution in [2.75, 3.05) is 17.2 Å². The minimum Gasteiger partial charge on any atom is -0.326 e. The van der Waals surface area contributed by atoms with Crippen LogP contribution in [0, 0.1) is 0 Å². The molecule has 1 aliphatic rings. The lowest BCUT2D eigenvalue weighted by Crippen LogP contribution is -2.46. The van der Waals surface area contributed by atoms with Crippen LogP contribution in [0.4, 0.5) is 16.2 Å². The Balaban J connectivity index is 2.03. The fourth-order valence-corrected chi connectivity index (χ4v) is 2.82. The van der Waals surface area contributed by atoms with Gasteiger partial charge in [-0.2, -0.15) is 0 Å². The molecule has 3 N–H and O–H groups in total. The first-order valence-electron chi connectivity index (χ1n) is 8.69. The smallest absolute Gasteiger partial charge is 0.325 e. The number of benzene rings is 1. The Labute approximate surface area is 152 Å². The first kappa shape index (κ1) is 19.4. The molecule has 1 aromatic rings. The van der Waals surface area contributed by atoms with Crippen molar-refractivity contribution >= 4 is 35.1 Å². The summed E-state index contributed by atoms with van der Waals surface area (Å²) in [5, 5.41) is 8.02. The summed E-state index contributed by atoms with van der Waals surface area (Å²) in [7, 11) is 0. The summed E-state index contributed by atoms with van der Waals surface area (Å²) in [6, 6.07) is 6.11. The number of carbonyl (C=O) groups excluding carboxylic acids is 4. The number of anilines is 2. The first-order chi connectivity index (χ1) is 12.3. The van der Waals surface area contributed by atoms with Crippen molar-refractivity contribution in [2.24, 2.45) is 0 Å². The molecule has 1 aromatic carbocycles. The van der Waals surface area contributed by atoms with Gasteiger partial charge >= 0.3 is 6.03 Å². The molecule has 1 aliphatic heterocycles. The minimum atomic E-state index is -0.929. The lowest BCUT2D eigenvalue weighted by Gasteiger charge is -2.23. The lowest BCUT2D eigenvalue weighted by molar-refractivity contribution is -0.134. The molecule has 0 saturated carbocycles. The van der Waals surface area contributed by atoms with Crippen molar-refractivity contribution in [1.29, 1.82) is 0 Å². The number of urea groups is 1. The maximum Gasteiger partial charge on any atom is 0.325 e. The van der Waals surface area contributed by atoms with Crippen LogP contribution in [0.2, 0.25) is 0 Å². The summed E-state index contributed by atoms with van der Waals surface area (Å²) < 4.78 is 0. The number of hydrogen-bond acceptors (Lipinski definition) is 4. The standard InChI is InChI=1S/C18H24N4O4/c1-4-14(23)19-12-8-7-9-13(10-12)20-15(24)11-22-16(25)18(5-2,6-3)21-17(22)26/h7-10H,4-6,11H2,1-3H3,(H,19,23)(H,20,24)(H,21,26). The first-order valence-corrected chi connectivity index (χ1v) is 8.69. The van der Waals surface area contributed by atoms with Gasteiger partial charge in [0.25, 0.3) is 5.91 Å². The quantitative estimate of drug-likeness (QED) is 0.647. The van der Waals surface area contributed by atoms with Crippen LogP contribution in [0.5, 0.6) is 0 Å². The summed E-state index contributed by atoms with van der Waals surface area (Å²) in [6.07, 6.45) is 1.27. The molecule has 26 heavy (non-hydrogen) atoms. The van der Waals surface area contributed by atoms with Gasteiger partial charge in [0.2, 0.25) is 11.8 Å². The molecule has 0 aliphatic carbocycles. The highest BCUT2D eigenvalue weighted by atomic mass is 16.2. The van der Waals surface area contributed by atoms with Gasteiger partial charge in [-0.3, -0.25) is 19.3 Å². The van der Waals surface area contributed by atoms with Gasteiger partial charge in [-0.25, -0.2) is 4.79 Å². The number of amides is 5. The molecule has 0 aromatic heterocycles. The van der Waals surface area contributed by atoms with Gasteiger partial charge in [0.05, 0.1) is 0 Å². The van der Waals surface area contributed by atoms with E-state index in [1.165, 1.54) is 0 Å². The van der Waals surface area contributed by atoms with Crippen molar-refractivity contribution in [2.45, 2.75) is 45.6 Å². The zero-order valence-corrected chi connectivity index (χ0v) is 15.2. The zero-order valence-electron chi connectivity index (χ0n) is 15.2. The molecule has 0 unspecified atom stereocenters. The fourth-order valence-electron chi connectivity index (χ4n) is 2.82. The van der Waals surface area contributed by atoms with E-state index in [2.05, 4.69) is 16.0 Å². The van der Waals surface area contributed by atoms with Gasteiger partial charge in [-0.05, 0) is 31.0 Å². The van der Waals surface area contributed by atoms with Gasteiger partial charge in [-0.15, -0.1) is 0 Å². The van der Waals surface area contributed by atoms with Crippen LogP contribution in [0.1, 0.15) is 40.0 Å². The Morgan fingerprint density at radius 1 is 1.04 bits per heavy atom. The molecule has 140 valence electrons. The third kappa shape index (κ3) is 4.01. The summed E-state index contributed by atoms with van der Waals surface area (Å²) >= 11 is 0. The van der Waals surface area contributed by atoms with Crippen molar-refractivity contribution in [3.8, 4) is 0 Å². The highest BCUT2D eigenvalue weighted by Crippen LogP contribution is 2.24. The second-order valence-corrected chi connectivity index (χ2v) is 6.14. The van der Waals surface area contributed by atoms with E-state index in [1.807, 2.05) is 13.8 Å². The Bertz CT molecular complexity index is 728. The molecule has 2 rings (SSSR count). The predicted octanol–water partition coefficient (Wildman–Crippen LogP) is 2.08. The highest BCUT2D eigenvalue weighted by molar-refractivity contribution is 6.10. The normalized spacial score (nSPS) is 15.6. The molecule has 0 atom stereocenters. The number of imide groups is 1. The summed E-state index contributed by atoms with van der Waals surface area (Å²) in [6.45, 7) is 5.02. The van der Waals surface area contributed by atoms with E-state index >= 15 is 0 Å². The Hall–Kier alpha value is -2.90. The molecule has 1 fully saturated rings. The SMILES string of the molecule is CCC(=O)Nc1cccc(NC(=O)CN2C(=O)NC(CC)(CC)C2=O)c1. The van der Waals surface area contributed by atoms with E-state index < -0.39 is 17.5 Å². The summed E-state index contributed by atoms with van der Waals surface area (Å²) in [5.41, 5.74) is 0.0932. The van der Waals surface area contributed by atoms with Gasteiger partial charge in [0, 0.05) is 17.8 Å². The van der Waals surface area contributed by atoms with E-state index in [0.29, 0.717) is 30.6 Å². The van der Waals surface area contributed by atoms with Crippen LogP contribution in [0.25, 0.3) is 0 Å². The number of rotatable bonds is 7. The molecule has 8 nitrogen and oxygen atoms in total. The Kier molecular flexibility index (Phi) is 5.97. The maximum atomic E-state index is 12.5. The molecule has 0 radical (unpaired) electrons. The van der Waals surface area contributed by atoms with Crippen molar-refractivity contribution in [1.82, 2.24) is 10.2 Å². The van der Waals surface area contributed by atoms with Crippen molar-refractivity contribution in [3.63, 3.8) is 0 Å². The summed E-state index contributed by atoms with van der Waals surface area (Å²) in [5.74, 6) is -1.01. The zero-order chi connectivity index (χ0) is 19.3. The van der Waals surface area contributed by atoms with Crippen molar-refractivity contribution < 1.29 is 19.2 Å². The largest absolute Gasteiger partial charge is 0.326 e. The second kappa shape index (κ2) is 7.99. The fraction of sp³-hybridized carbons (Fsp3) is 0.444. The highest BCUT2D eigenvalue weighted by Gasteiger charge is 2.49. The Morgan fingerprint density at radius 3 is 2.12 bits per heavy atom. The third-order valence-corrected chi connectivity index (χ3v) is 4.51. The molecular formula is C18H24N4O4. The predicted molar refractivity (Wildman–Crippen MR) is 97.6 cm³/mol. The van der Waals surface area contributed by atoms with Gasteiger partial charge in [-0.1, -0.05) is 26.8 Å². The molecule has 1 heterocycles. The molecule has 1 saturated heterocycles. The van der Waals surface area contributed by atoms with Crippen LogP contribution >= 0.6 is 0 Å². The number of nitrogens with one attached hydrogen (secondary N) is 3. The van der Waals surface area contributed by atoms with Crippen LogP contribution in [-0.2, 0) is 14.4 Å². The van der Waals surface area contributed by atoms with Gasteiger partial charge in [0.15, 0.2) is 0 Å². The minimum absolute atomic E-state index is 0.136. The molecule has 0 spiro atoms. The maximum absolute atomic E-state index is 12.5. The molecule has 8 heteroatoms. The van der Waals surface area contributed by atoms with Crippen LogP contribution in [0.15, 0.2) is 24.3 Å². The second-order valence-electron chi connectivity index (χ2n) is 6.14. The van der Waals surface area contributed by atoms with E-state index in [4.69, 9.17) is 0 Å². The lowest BCUT2D eigenvalue weighted by atomic mass is 9.93. The topological polar surface area (TPSA) is 108 Å². The number of carbonyl (C=O) groups is 4. The summed E-state index contributed by atoms with van der Waals surface area (Å²) in [4.78, 5) is 49.2. The monoisotopic (exact) mass is 360 g/mol. The number of hydrogen-bond donors (Lipinski definition) is 3. The molecule has 5 amide bonds. The van der Waals surface area contributed by atoms with Gasteiger partial charge in [0.1, 0.15) is 12.1 Å².